The molecular weight excluding hydrogens is 236 g/mol. The van der Waals surface area contributed by atoms with Crippen molar-refractivity contribution in [3.05, 3.63) is 23.4 Å². The molecule has 2 bridgehead atoms. The molecule has 2 saturated heterocycles. The third-order valence-electron chi connectivity index (χ3n) is 4.54. The van der Waals surface area contributed by atoms with Crippen molar-refractivity contribution in [2.45, 2.75) is 38.3 Å². The summed E-state index contributed by atoms with van der Waals surface area (Å²) < 4.78 is 0. The van der Waals surface area contributed by atoms with Gasteiger partial charge in [0.25, 0.3) is 0 Å². The Labute approximate surface area is 114 Å². The van der Waals surface area contributed by atoms with Gasteiger partial charge in [0.2, 0.25) is 0 Å². The Morgan fingerprint density at radius 3 is 2.84 bits per heavy atom. The predicted octanol–water partition coefficient (Wildman–Crippen LogP) is 1.93. The molecule has 0 saturated carbocycles. The topological polar surface area (TPSA) is 43.2 Å². The number of aryl methyl sites for hydroxylation is 1. The standard InChI is InChI=1S/C15H20N4/c1-11-7-12(9-16)8-15(17-11)19-6-5-13-3-4-14(10-19)18(13)2/h7-8,13-14H,3-6,10H2,1-2H3. The molecule has 2 aliphatic heterocycles. The molecule has 0 N–H and O–H groups in total. The Kier molecular flexibility index (Phi) is 3.16. The molecule has 0 aliphatic carbocycles. The van der Waals surface area contributed by atoms with Crippen molar-refractivity contribution in [1.29, 1.82) is 5.26 Å². The number of nitriles is 1. The van der Waals surface area contributed by atoms with Crippen molar-refractivity contribution < 1.29 is 0 Å². The number of hydrogen-bond donors (Lipinski definition) is 0. The van der Waals surface area contributed by atoms with E-state index < -0.39 is 0 Å². The highest BCUT2D eigenvalue weighted by molar-refractivity contribution is 5.47. The van der Waals surface area contributed by atoms with E-state index in [0.29, 0.717) is 11.6 Å². The number of rotatable bonds is 1. The highest BCUT2D eigenvalue weighted by atomic mass is 15.3. The second-order valence-electron chi connectivity index (χ2n) is 5.75. The molecule has 2 unspecified atom stereocenters. The number of aromatic nitrogens is 1. The van der Waals surface area contributed by atoms with Gasteiger partial charge in [0.1, 0.15) is 5.82 Å². The lowest BCUT2D eigenvalue weighted by Crippen LogP contribution is -2.37. The molecule has 100 valence electrons. The summed E-state index contributed by atoms with van der Waals surface area (Å²) in [4.78, 5) is 9.50. The zero-order chi connectivity index (χ0) is 13.4. The van der Waals surface area contributed by atoms with E-state index in [4.69, 9.17) is 5.26 Å². The van der Waals surface area contributed by atoms with Crippen LogP contribution in [0.4, 0.5) is 5.82 Å². The van der Waals surface area contributed by atoms with E-state index in [1.807, 2.05) is 19.1 Å². The molecule has 4 nitrogen and oxygen atoms in total. The zero-order valence-electron chi connectivity index (χ0n) is 11.6. The quantitative estimate of drug-likeness (QED) is 0.770. The maximum absolute atomic E-state index is 9.08. The van der Waals surface area contributed by atoms with Crippen LogP contribution in [0.5, 0.6) is 0 Å². The van der Waals surface area contributed by atoms with Crippen LogP contribution in [-0.2, 0) is 0 Å². The minimum absolute atomic E-state index is 0.639. The lowest BCUT2D eigenvalue weighted by atomic mass is 10.1. The molecule has 4 heteroatoms. The van der Waals surface area contributed by atoms with Crippen molar-refractivity contribution in [3.8, 4) is 6.07 Å². The van der Waals surface area contributed by atoms with Gasteiger partial charge in [0.05, 0.1) is 11.6 Å². The van der Waals surface area contributed by atoms with Crippen LogP contribution in [0.1, 0.15) is 30.5 Å². The fraction of sp³-hybridized carbons (Fsp3) is 0.600. The summed E-state index contributed by atoms with van der Waals surface area (Å²) in [6.45, 7) is 4.04. The Hall–Kier alpha value is -1.60. The fourth-order valence-corrected chi connectivity index (χ4v) is 3.39. The van der Waals surface area contributed by atoms with Crippen molar-refractivity contribution in [1.82, 2.24) is 9.88 Å². The SMILES string of the molecule is Cc1cc(C#N)cc(N2CCC3CCC(C2)N3C)n1. The molecule has 0 radical (unpaired) electrons. The lowest BCUT2D eigenvalue weighted by molar-refractivity contribution is 0.254. The van der Waals surface area contributed by atoms with Crippen LogP contribution < -0.4 is 4.90 Å². The van der Waals surface area contributed by atoms with Crippen LogP contribution in [-0.4, -0.2) is 42.1 Å². The highest BCUT2D eigenvalue weighted by Gasteiger charge is 2.34. The van der Waals surface area contributed by atoms with Gasteiger partial charge in [-0.25, -0.2) is 4.98 Å². The molecule has 19 heavy (non-hydrogen) atoms. The first-order chi connectivity index (χ1) is 9.17. The molecule has 3 rings (SSSR count). The van der Waals surface area contributed by atoms with Crippen LogP contribution in [0.15, 0.2) is 12.1 Å². The average Bonchev–Trinajstić information content (AvgIpc) is 2.62. The second-order valence-corrected chi connectivity index (χ2v) is 5.75. The number of fused-ring (bicyclic) bond motifs is 2. The molecule has 3 heterocycles. The van der Waals surface area contributed by atoms with Crippen molar-refractivity contribution >= 4 is 5.82 Å². The molecule has 0 amide bonds. The monoisotopic (exact) mass is 256 g/mol. The van der Waals surface area contributed by atoms with Crippen LogP contribution in [0.3, 0.4) is 0 Å². The van der Waals surface area contributed by atoms with Crippen molar-refractivity contribution in [3.63, 3.8) is 0 Å². The maximum Gasteiger partial charge on any atom is 0.130 e. The van der Waals surface area contributed by atoms with Gasteiger partial charge in [-0.1, -0.05) is 0 Å². The normalized spacial score (nSPS) is 27.1. The smallest absolute Gasteiger partial charge is 0.130 e. The summed E-state index contributed by atoms with van der Waals surface area (Å²) >= 11 is 0. The molecule has 1 aromatic rings. The minimum atomic E-state index is 0.639. The van der Waals surface area contributed by atoms with Gasteiger partial charge in [-0.2, -0.15) is 5.26 Å². The van der Waals surface area contributed by atoms with Gasteiger partial charge in [-0.05, 0) is 45.4 Å². The van der Waals surface area contributed by atoms with Gasteiger partial charge < -0.3 is 4.90 Å². The Morgan fingerprint density at radius 1 is 1.26 bits per heavy atom. The Balaban J connectivity index is 1.87. The zero-order valence-corrected chi connectivity index (χ0v) is 11.6. The largest absolute Gasteiger partial charge is 0.355 e. The number of nitrogens with zero attached hydrogens (tertiary/aromatic N) is 4. The highest BCUT2D eigenvalue weighted by Crippen LogP contribution is 2.30. The Bertz CT molecular complexity index is 519. The third-order valence-corrected chi connectivity index (χ3v) is 4.54. The van der Waals surface area contributed by atoms with Gasteiger partial charge in [0.15, 0.2) is 0 Å². The minimum Gasteiger partial charge on any atom is -0.355 e. The van der Waals surface area contributed by atoms with Crippen LogP contribution >= 0.6 is 0 Å². The fourth-order valence-electron chi connectivity index (χ4n) is 3.39. The predicted molar refractivity (Wildman–Crippen MR) is 75.1 cm³/mol. The first-order valence-corrected chi connectivity index (χ1v) is 7.03. The Morgan fingerprint density at radius 2 is 2.05 bits per heavy atom. The van der Waals surface area contributed by atoms with E-state index in [2.05, 4.69) is 27.9 Å². The molecule has 1 aromatic heterocycles. The molecule has 2 fully saturated rings. The van der Waals surface area contributed by atoms with E-state index in [0.717, 1.165) is 30.6 Å². The van der Waals surface area contributed by atoms with Crippen LogP contribution in [0, 0.1) is 18.3 Å². The molecule has 2 atom stereocenters. The van der Waals surface area contributed by atoms with Crippen molar-refractivity contribution in [2.24, 2.45) is 0 Å². The molecule has 0 spiro atoms. The van der Waals surface area contributed by atoms with E-state index >= 15 is 0 Å². The van der Waals surface area contributed by atoms with Crippen molar-refractivity contribution in [2.75, 3.05) is 25.0 Å². The summed E-state index contributed by atoms with van der Waals surface area (Å²) in [5.41, 5.74) is 1.64. The summed E-state index contributed by atoms with van der Waals surface area (Å²) in [6, 6.07) is 7.37. The summed E-state index contributed by atoms with van der Waals surface area (Å²) in [5, 5.41) is 9.08. The summed E-state index contributed by atoms with van der Waals surface area (Å²) in [7, 11) is 2.25. The van der Waals surface area contributed by atoms with Gasteiger partial charge in [-0.3, -0.25) is 4.90 Å². The van der Waals surface area contributed by atoms with E-state index in [-0.39, 0.29) is 0 Å². The number of likely N-dealkylation sites (N-methyl/N-ethyl adjacent to an activating group) is 1. The van der Waals surface area contributed by atoms with Gasteiger partial charge in [-0.15, -0.1) is 0 Å². The third kappa shape index (κ3) is 2.31. The van der Waals surface area contributed by atoms with Crippen LogP contribution in [0.2, 0.25) is 0 Å². The molecule has 0 aromatic carbocycles. The van der Waals surface area contributed by atoms with E-state index in [1.54, 1.807) is 0 Å². The summed E-state index contributed by atoms with van der Waals surface area (Å²) in [5.74, 6) is 0.970. The number of hydrogen-bond acceptors (Lipinski definition) is 4. The number of pyridine rings is 1. The maximum atomic E-state index is 9.08. The second kappa shape index (κ2) is 4.82. The summed E-state index contributed by atoms with van der Waals surface area (Å²) in [6.07, 6.45) is 3.82. The van der Waals surface area contributed by atoms with Crippen LogP contribution in [0.25, 0.3) is 0 Å². The molecular formula is C15H20N4. The van der Waals surface area contributed by atoms with Gasteiger partial charge >= 0.3 is 0 Å². The van der Waals surface area contributed by atoms with E-state index in [1.165, 1.54) is 19.3 Å². The average molecular weight is 256 g/mol. The lowest BCUT2D eigenvalue weighted by Gasteiger charge is -2.27. The first kappa shape index (κ1) is 12.4. The van der Waals surface area contributed by atoms with E-state index in [9.17, 15) is 0 Å². The van der Waals surface area contributed by atoms with Gasteiger partial charge in [0, 0.05) is 30.9 Å². The first-order valence-electron chi connectivity index (χ1n) is 7.03. The molecule has 2 aliphatic rings. The number of anilines is 1.